The fourth-order valence-electron chi connectivity index (χ4n) is 5.84. The monoisotopic (exact) mass is 623 g/mol. The Balaban J connectivity index is 1.10. The van der Waals surface area contributed by atoms with Crippen LogP contribution in [0.15, 0.2) is 49.1 Å². The fourth-order valence-corrected chi connectivity index (χ4v) is 5.84. The topological polar surface area (TPSA) is 142 Å². The zero-order valence-corrected chi connectivity index (χ0v) is 27.0. The number of aromatic nitrogens is 7. The van der Waals surface area contributed by atoms with E-state index in [0.29, 0.717) is 24.2 Å². The van der Waals surface area contributed by atoms with Gasteiger partial charge in [-0.15, -0.1) is 0 Å². The Morgan fingerprint density at radius 3 is 2.83 bits per heavy atom. The average molecular weight is 624 g/mol. The molecule has 1 saturated heterocycles. The number of amides is 1. The van der Waals surface area contributed by atoms with Gasteiger partial charge >= 0.3 is 0 Å². The van der Waals surface area contributed by atoms with Crippen LogP contribution in [0.4, 0.5) is 23.3 Å². The Morgan fingerprint density at radius 2 is 2.04 bits per heavy atom. The highest BCUT2D eigenvalue weighted by Crippen LogP contribution is 2.33. The quantitative estimate of drug-likeness (QED) is 0.177. The molecule has 1 atom stereocenters. The lowest BCUT2D eigenvalue weighted by Crippen LogP contribution is -2.33. The molecule has 1 aliphatic heterocycles. The predicted octanol–water partition coefficient (Wildman–Crippen LogP) is 4.84. The molecule has 5 heterocycles. The van der Waals surface area contributed by atoms with Crippen LogP contribution in [0.2, 0.25) is 0 Å². The second-order valence-corrected chi connectivity index (χ2v) is 11.7. The van der Waals surface area contributed by atoms with E-state index in [0.717, 1.165) is 77.4 Å². The van der Waals surface area contributed by atoms with Gasteiger partial charge in [0.15, 0.2) is 5.82 Å². The number of para-hydroxylation sites is 1. The molecule has 1 aromatic carbocycles. The molecular formula is C33H41N11O2. The van der Waals surface area contributed by atoms with Crippen LogP contribution in [0.3, 0.4) is 0 Å². The van der Waals surface area contributed by atoms with Crippen molar-refractivity contribution in [2.75, 3.05) is 48.3 Å². The molecule has 0 spiro atoms. The minimum Gasteiger partial charge on any atom is -0.473 e. The van der Waals surface area contributed by atoms with E-state index in [-0.39, 0.29) is 18.6 Å². The summed E-state index contributed by atoms with van der Waals surface area (Å²) < 4.78 is 8.00. The number of nitrogens with one attached hydrogen (secondary N) is 3. The number of H-pyrrole nitrogens is 1. The maximum atomic E-state index is 13.2. The number of anilines is 4. The van der Waals surface area contributed by atoms with E-state index in [1.54, 1.807) is 17.2 Å². The Morgan fingerprint density at radius 1 is 1.17 bits per heavy atom. The van der Waals surface area contributed by atoms with Crippen molar-refractivity contribution in [2.24, 2.45) is 7.05 Å². The molecule has 240 valence electrons. The number of benzene rings is 1. The first kappa shape index (κ1) is 31.0. The van der Waals surface area contributed by atoms with Gasteiger partial charge in [0.05, 0.1) is 23.4 Å². The van der Waals surface area contributed by atoms with Crippen LogP contribution in [-0.4, -0.2) is 84.3 Å². The predicted molar refractivity (Wildman–Crippen MR) is 180 cm³/mol. The van der Waals surface area contributed by atoms with Crippen LogP contribution in [0.1, 0.15) is 37.9 Å². The number of hydrogen-bond donors (Lipinski definition) is 3. The van der Waals surface area contributed by atoms with Crippen molar-refractivity contribution in [1.29, 1.82) is 0 Å². The van der Waals surface area contributed by atoms with E-state index in [9.17, 15) is 4.79 Å². The third kappa shape index (κ3) is 6.79. The van der Waals surface area contributed by atoms with Crippen LogP contribution < -0.4 is 20.3 Å². The van der Waals surface area contributed by atoms with Crippen molar-refractivity contribution in [1.82, 2.24) is 39.6 Å². The van der Waals surface area contributed by atoms with Gasteiger partial charge in [-0.25, -0.2) is 19.9 Å². The maximum absolute atomic E-state index is 13.2. The molecule has 1 fully saturated rings. The number of aryl methyl sites for hydroxylation is 3. The first-order valence-electron chi connectivity index (χ1n) is 15.8. The Hall–Kier alpha value is -5.04. The summed E-state index contributed by atoms with van der Waals surface area (Å²) in [7, 11) is 1.89. The summed E-state index contributed by atoms with van der Waals surface area (Å²) in [6.07, 6.45) is 7.11. The van der Waals surface area contributed by atoms with E-state index in [1.165, 1.54) is 0 Å². The molecule has 5 aromatic rings. The van der Waals surface area contributed by atoms with Gasteiger partial charge < -0.3 is 25.3 Å². The van der Waals surface area contributed by atoms with E-state index in [4.69, 9.17) is 9.72 Å². The van der Waals surface area contributed by atoms with Crippen molar-refractivity contribution < 1.29 is 9.53 Å². The molecule has 4 aromatic heterocycles. The lowest BCUT2D eigenvalue weighted by atomic mass is 10.1. The minimum absolute atomic E-state index is 0.0385. The maximum Gasteiger partial charge on any atom is 0.238 e. The smallest absolute Gasteiger partial charge is 0.238 e. The van der Waals surface area contributed by atoms with E-state index >= 15 is 0 Å². The first-order chi connectivity index (χ1) is 22.3. The summed E-state index contributed by atoms with van der Waals surface area (Å²) in [4.78, 5) is 38.9. The lowest BCUT2D eigenvalue weighted by molar-refractivity contribution is -0.117. The zero-order valence-electron chi connectivity index (χ0n) is 27.0. The molecular weight excluding hydrogens is 582 g/mol. The van der Waals surface area contributed by atoms with Crippen LogP contribution in [0, 0.1) is 13.8 Å². The second-order valence-electron chi connectivity index (χ2n) is 11.7. The van der Waals surface area contributed by atoms with E-state index in [1.807, 2.05) is 57.4 Å². The standard InChI is InChI=1S/C33H41N11O2/c1-6-12-44(7-2)28-15-30(37-20-36-28)46-23-11-13-43(18-23)19-29(45)38-26-10-8-9-24-25(17-34-32(24)26)31-21(3)16-35-33(40-31)39-27-14-22(4)42(5)41-27/h8-10,14-17,20,23,34H,6-7,11-13,18-19H2,1-5H3,(H,38,45)(H,35,39,40,41). The first-order valence-corrected chi connectivity index (χ1v) is 15.8. The number of rotatable bonds is 12. The van der Waals surface area contributed by atoms with E-state index in [2.05, 4.69) is 59.3 Å². The number of likely N-dealkylation sites (tertiary alicyclic amines) is 1. The molecule has 6 rings (SSSR count). The van der Waals surface area contributed by atoms with Gasteiger partial charge in [0.2, 0.25) is 17.7 Å². The summed E-state index contributed by atoms with van der Waals surface area (Å²) in [6, 6.07) is 9.72. The van der Waals surface area contributed by atoms with Crippen molar-refractivity contribution in [3.63, 3.8) is 0 Å². The summed E-state index contributed by atoms with van der Waals surface area (Å²) in [5.41, 5.74) is 5.25. The lowest BCUT2D eigenvalue weighted by Gasteiger charge is -2.21. The molecule has 0 aliphatic carbocycles. The van der Waals surface area contributed by atoms with Gasteiger partial charge in [0, 0.05) is 74.4 Å². The molecule has 0 bridgehead atoms. The number of nitrogens with zero attached hydrogens (tertiary/aromatic N) is 8. The molecule has 46 heavy (non-hydrogen) atoms. The molecule has 1 amide bonds. The number of carbonyl (C=O) groups excluding carboxylic acids is 1. The molecule has 3 N–H and O–H groups in total. The highest BCUT2D eigenvalue weighted by molar-refractivity contribution is 6.06. The van der Waals surface area contributed by atoms with Crippen molar-refractivity contribution in [3.8, 4) is 17.1 Å². The van der Waals surface area contributed by atoms with Crippen LogP contribution >= 0.6 is 0 Å². The molecule has 1 aliphatic rings. The summed E-state index contributed by atoms with van der Waals surface area (Å²) in [5, 5.41) is 11.7. The Labute approximate surface area is 268 Å². The third-order valence-electron chi connectivity index (χ3n) is 8.28. The van der Waals surface area contributed by atoms with Crippen molar-refractivity contribution >= 4 is 40.1 Å². The Kier molecular flexibility index (Phi) is 9.11. The van der Waals surface area contributed by atoms with Gasteiger partial charge in [-0.2, -0.15) is 5.10 Å². The Bertz CT molecular complexity index is 1810. The summed E-state index contributed by atoms with van der Waals surface area (Å²) >= 11 is 0. The molecule has 13 heteroatoms. The molecule has 0 saturated carbocycles. The van der Waals surface area contributed by atoms with Gasteiger partial charge in [-0.3, -0.25) is 14.4 Å². The van der Waals surface area contributed by atoms with Gasteiger partial charge in [-0.1, -0.05) is 19.1 Å². The highest BCUT2D eigenvalue weighted by Gasteiger charge is 2.26. The molecule has 1 unspecified atom stereocenters. The number of fused-ring (bicyclic) bond motifs is 1. The van der Waals surface area contributed by atoms with Crippen LogP contribution in [0.25, 0.3) is 22.2 Å². The number of hydrogen-bond acceptors (Lipinski definition) is 10. The molecule has 13 nitrogen and oxygen atoms in total. The summed E-state index contributed by atoms with van der Waals surface area (Å²) in [5.74, 6) is 2.51. The van der Waals surface area contributed by atoms with Crippen LogP contribution in [-0.2, 0) is 11.8 Å². The highest BCUT2D eigenvalue weighted by atomic mass is 16.5. The van der Waals surface area contributed by atoms with Crippen molar-refractivity contribution in [2.45, 2.75) is 46.6 Å². The second kappa shape index (κ2) is 13.5. The van der Waals surface area contributed by atoms with Gasteiger partial charge in [0.1, 0.15) is 18.2 Å². The van der Waals surface area contributed by atoms with E-state index < -0.39 is 0 Å². The zero-order chi connectivity index (χ0) is 32.2. The van der Waals surface area contributed by atoms with Gasteiger partial charge in [0.25, 0.3) is 0 Å². The number of ether oxygens (including phenoxy) is 1. The molecule has 0 radical (unpaired) electrons. The van der Waals surface area contributed by atoms with Crippen LogP contribution in [0.5, 0.6) is 5.88 Å². The SMILES string of the molecule is CCCN(CC)c1cc(OC2CCN(CC(=O)Nc3cccc4c(-c5nc(Nc6cc(C)n(C)n6)ncc5C)c[nH]c34)C2)ncn1. The third-order valence-corrected chi connectivity index (χ3v) is 8.28. The minimum atomic E-state index is -0.0814. The average Bonchev–Trinajstić information content (AvgIpc) is 3.76. The van der Waals surface area contributed by atoms with Gasteiger partial charge in [-0.05, 0) is 45.2 Å². The van der Waals surface area contributed by atoms with Crippen molar-refractivity contribution in [3.05, 3.63) is 60.3 Å². The normalized spacial score (nSPS) is 14.9. The number of carbonyl (C=O) groups is 1. The summed E-state index contributed by atoms with van der Waals surface area (Å²) in [6.45, 7) is 11.7. The largest absolute Gasteiger partial charge is 0.473 e. The fraction of sp³-hybridized carbons (Fsp3) is 0.394. The number of aromatic amines is 1.